The van der Waals surface area contributed by atoms with Crippen LogP contribution in [0, 0.1) is 5.92 Å². The molecule has 0 bridgehead atoms. The van der Waals surface area contributed by atoms with Crippen LogP contribution in [0.15, 0.2) is 0 Å². The van der Waals surface area contributed by atoms with Gasteiger partial charge in [0, 0.05) is 0 Å². The summed E-state index contributed by atoms with van der Waals surface area (Å²) in [6.07, 6.45) is 13.7. The second-order valence-corrected chi connectivity index (χ2v) is 5.49. The molecule has 0 aliphatic heterocycles. The summed E-state index contributed by atoms with van der Waals surface area (Å²) >= 11 is 0. The maximum absolute atomic E-state index is 10.2. The van der Waals surface area contributed by atoms with Gasteiger partial charge in [-0.2, -0.15) is 0 Å². The molecule has 0 unspecified atom stereocenters. The van der Waals surface area contributed by atoms with E-state index in [4.69, 9.17) is 10.2 Å². The number of unbranched alkanes of at least 4 members (excludes halogenated alkanes) is 8. The number of rotatable bonds is 12. The number of carboxylic acids is 2. The first kappa shape index (κ1) is 27.4. The SMILES string of the molecule is CCCC(C(=O)O)C(=O)O.CCCCCCCCCCC.[BaH2]. The van der Waals surface area contributed by atoms with Crippen LogP contribution < -0.4 is 0 Å². The molecule has 0 heterocycles. The molecular formula is C17H36BaO4. The maximum atomic E-state index is 10.2. The van der Waals surface area contributed by atoms with E-state index in [2.05, 4.69) is 13.8 Å². The van der Waals surface area contributed by atoms with Crippen molar-refractivity contribution in [2.45, 2.75) is 91.4 Å². The second-order valence-electron chi connectivity index (χ2n) is 5.49. The molecule has 0 saturated heterocycles. The van der Waals surface area contributed by atoms with Gasteiger partial charge in [-0.3, -0.25) is 9.59 Å². The third kappa shape index (κ3) is 20.5. The molecule has 0 atom stereocenters. The van der Waals surface area contributed by atoms with Crippen LogP contribution in [0.25, 0.3) is 0 Å². The van der Waals surface area contributed by atoms with Crippen molar-refractivity contribution in [2.75, 3.05) is 0 Å². The van der Waals surface area contributed by atoms with Crippen molar-refractivity contribution in [2.24, 2.45) is 5.92 Å². The summed E-state index contributed by atoms with van der Waals surface area (Å²) < 4.78 is 0. The van der Waals surface area contributed by atoms with Crippen molar-refractivity contribution >= 4 is 60.8 Å². The quantitative estimate of drug-likeness (QED) is 0.270. The Balaban J connectivity index is -0.000000315. The molecule has 0 aliphatic carbocycles. The summed E-state index contributed by atoms with van der Waals surface area (Å²) in [6.45, 7) is 6.30. The number of hydrogen-bond donors (Lipinski definition) is 2. The van der Waals surface area contributed by atoms with Gasteiger partial charge in [0.25, 0.3) is 0 Å². The van der Waals surface area contributed by atoms with E-state index in [1.165, 1.54) is 57.8 Å². The van der Waals surface area contributed by atoms with Crippen LogP contribution in [0.4, 0.5) is 0 Å². The zero-order valence-electron chi connectivity index (χ0n) is 14.1. The third-order valence-corrected chi connectivity index (χ3v) is 3.38. The minimum absolute atomic E-state index is 0. The molecule has 0 radical (unpaired) electrons. The van der Waals surface area contributed by atoms with E-state index in [0.29, 0.717) is 6.42 Å². The molecule has 0 spiro atoms. The van der Waals surface area contributed by atoms with Crippen molar-refractivity contribution in [3.8, 4) is 0 Å². The minimum atomic E-state index is -1.26. The first-order valence-corrected chi connectivity index (χ1v) is 8.46. The Bertz CT molecular complexity index is 235. The summed E-state index contributed by atoms with van der Waals surface area (Å²) in [7, 11) is 0. The number of aliphatic carboxylic acids is 2. The fraction of sp³-hybridized carbons (Fsp3) is 0.882. The average Bonchev–Trinajstić information content (AvgIpc) is 2.44. The van der Waals surface area contributed by atoms with E-state index < -0.39 is 17.9 Å². The Hall–Kier alpha value is 0.511. The van der Waals surface area contributed by atoms with Gasteiger partial charge >= 0.3 is 60.8 Å². The van der Waals surface area contributed by atoms with Gasteiger partial charge in [-0.05, 0) is 6.42 Å². The Morgan fingerprint density at radius 1 is 0.682 bits per heavy atom. The summed E-state index contributed by atoms with van der Waals surface area (Å²) in [5.41, 5.74) is 0. The van der Waals surface area contributed by atoms with Gasteiger partial charge in [-0.1, -0.05) is 85.0 Å². The average molecular weight is 442 g/mol. The van der Waals surface area contributed by atoms with Crippen LogP contribution in [-0.2, 0) is 9.59 Å². The molecule has 0 aromatic carbocycles. The number of carboxylic acid groups (broad SMARTS) is 2. The monoisotopic (exact) mass is 442 g/mol. The van der Waals surface area contributed by atoms with Crippen molar-refractivity contribution in [1.29, 1.82) is 0 Å². The van der Waals surface area contributed by atoms with E-state index in [1.54, 1.807) is 6.92 Å². The van der Waals surface area contributed by atoms with Crippen molar-refractivity contribution in [3.63, 3.8) is 0 Å². The Morgan fingerprint density at radius 2 is 1.00 bits per heavy atom. The molecule has 2 N–H and O–H groups in total. The van der Waals surface area contributed by atoms with Crippen LogP contribution >= 0.6 is 0 Å². The molecular weight excluding hydrogens is 406 g/mol. The number of hydrogen-bond acceptors (Lipinski definition) is 2. The van der Waals surface area contributed by atoms with E-state index in [0.717, 1.165) is 0 Å². The molecule has 0 aliphatic rings. The summed E-state index contributed by atoms with van der Waals surface area (Å²) in [4.78, 5) is 20.3. The summed E-state index contributed by atoms with van der Waals surface area (Å²) in [5.74, 6) is -3.74. The molecule has 4 nitrogen and oxygen atoms in total. The fourth-order valence-corrected chi connectivity index (χ4v) is 2.03. The molecule has 0 saturated carbocycles. The number of carbonyl (C=O) groups is 2. The predicted octanol–water partition coefficient (Wildman–Crippen LogP) is 4.19. The van der Waals surface area contributed by atoms with E-state index in [-0.39, 0.29) is 55.3 Å². The molecule has 0 aromatic heterocycles. The standard InChI is InChI=1S/C11H24.C6H10O4.Ba.2H/c1-3-5-7-9-11-10-8-6-4-2;1-2-3-4(5(7)8)6(9)10;;;/h3-11H2,1-2H3;4H,2-3H2,1H3,(H,7,8)(H,9,10);;;. The van der Waals surface area contributed by atoms with Gasteiger partial charge in [0.1, 0.15) is 0 Å². The normalized spacial score (nSPS) is 9.64. The molecule has 0 rings (SSSR count). The predicted molar refractivity (Wildman–Crippen MR) is 95.1 cm³/mol. The Morgan fingerprint density at radius 3 is 1.18 bits per heavy atom. The zero-order chi connectivity index (χ0) is 16.5. The third-order valence-electron chi connectivity index (χ3n) is 3.38. The van der Waals surface area contributed by atoms with Crippen molar-refractivity contribution < 1.29 is 19.8 Å². The second kappa shape index (κ2) is 21.5. The van der Waals surface area contributed by atoms with E-state index in [9.17, 15) is 9.59 Å². The molecule has 5 heteroatoms. The fourth-order valence-electron chi connectivity index (χ4n) is 2.03. The zero-order valence-corrected chi connectivity index (χ0v) is 14.1. The molecule has 0 aromatic rings. The van der Waals surface area contributed by atoms with Crippen LogP contribution in [0.3, 0.4) is 0 Å². The van der Waals surface area contributed by atoms with Gasteiger partial charge in [0.15, 0.2) is 5.92 Å². The van der Waals surface area contributed by atoms with Gasteiger partial charge in [0.2, 0.25) is 0 Å². The van der Waals surface area contributed by atoms with Gasteiger partial charge in [-0.15, -0.1) is 0 Å². The van der Waals surface area contributed by atoms with E-state index >= 15 is 0 Å². The van der Waals surface area contributed by atoms with Crippen LogP contribution in [0.1, 0.15) is 91.4 Å². The van der Waals surface area contributed by atoms with Crippen LogP contribution in [0.2, 0.25) is 0 Å². The first-order valence-electron chi connectivity index (χ1n) is 8.46. The molecule has 0 fully saturated rings. The summed E-state index contributed by atoms with van der Waals surface area (Å²) in [6, 6.07) is 0. The first-order chi connectivity index (χ1) is 10.0. The van der Waals surface area contributed by atoms with Gasteiger partial charge in [0.05, 0.1) is 0 Å². The van der Waals surface area contributed by atoms with Crippen LogP contribution in [0.5, 0.6) is 0 Å². The summed E-state index contributed by atoms with van der Waals surface area (Å²) in [5, 5.41) is 16.6. The molecule has 130 valence electrons. The van der Waals surface area contributed by atoms with Gasteiger partial charge in [-0.25, -0.2) is 0 Å². The van der Waals surface area contributed by atoms with Crippen molar-refractivity contribution in [1.82, 2.24) is 0 Å². The topological polar surface area (TPSA) is 74.6 Å². The Labute approximate surface area is 176 Å². The van der Waals surface area contributed by atoms with Crippen molar-refractivity contribution in [3.05, 3.63) is 0 Å². The van der Waals surface area contributed by atoms with E-state index in [1.807, 2.05) is 0 Å². The van der Waals surface area contributed by atoms with Crippen LogP contribution in [-0.4, -0.2) is 71.0 Å². The molecule has 22 heavy (non-hydrogen) atoms. The molecule has 0 amide bonds. The Kier molecular flexibility index (Phi) is 26.8. The van der Waals surface area contributed by atoms with Gasteiger partial charge < -0.3 is 10.2 Å².